The van der Waals surface area contributed by atoms with Crippen LogP contribution in [0.1, 0.15) is 26.3 Å². The van der Waals surface area contributed by atoms with E-state index in [2.05, 4.69) is 0 Å². The zero-order chi connectivity index (χ0) is 14.1. The predicted octanol–water partition coefficient (Wildman–Crippen LogP) is 0.754. The van der Waals surface area contributed by atoms with Gasteiger partial charge in [-0.1, -0.05) is 12.1 Å². The van der Waals surface area contributed by atoms with Crippen molar-refractivity contribution in [2.75, 3.05) is 0 Å². The number of benzene rings is 1. The van der Waals surface area contributed by atoms with Crippen LogP contribution in [0.25, 0.3) is 0 Å². The van der Waals surface area contributed by atoms with E-state index < -0.39 is 22.8 Å². The van der Waals surface area contributed by atoms with Crippen LogP contribution in [0.3, 0.4) is 0 Å². The first-order valence-electron chi connectivity index (χ1n) is 5.54. The molecule has 0 radical (unpaired) electrons. The molecule has 1 rings (SSSR count). The number of sulfonamides is 1. The van der Waals surface area contributed by atoms with Crippen LogP contribution in [0.15, 0.2) is 29.2 Å². The van der Waals surface area contributed by atoms with Crippen molar-refractivity contribution in [2.24, 2.45) is 0 Å². The molecule has 5 nitrogen and oxygen atoms in total. The molecular weight excluding hydrogens is 253 g/mol. The number of rotatable bonds is 3. The van der Waals surface area contributed by atoms with Gasteiger partial charge in [0, 0.05) is 5.54 Å². The zero-order valence-electron chi connectivity index (χ0n) is 11.0. The number of aryl methyl sites for hydroxylation is 1. The van der Waals surface area contributed by atoms with Crippen molar-refractivity contribution < 1.29 is 18.5 Å². The van der Waals surface area contributed by atoms with E-state index in [9.17, 15) is 18.5 Å². The largest absolute Gasteiger partial charge is 0.567 e. The average Bonchev–Trinajstić information content (AvgIpc) is 2.13. The van der Waals surface area contributed by atoms with Gasteiger partial charge in [0.2, 0.25) is 10.0 Å². The Morgan fingerprint density at radius 2 is 1.78 bits per heavy atom. The second-order valence-electron chi connectivity index (χ2n) is 5.13. The maximum atomic E-state index is 12.4. The van der Waals surface area contributed by atoms with Gasteiger partial charge in [0.25, 0.3) is 0 Å². The average molecular weight is 271 g/mol. The van der Waals surface area contributed by atoms with E-state index in [0.29, 0.717) is 4.22 Å². The SMILES string of the molecule is Cc1cccc(S(=O)(=O)N(B(O)O)C(C)(C)C)c1. The summed E-state index contributed by atoms with van der Waals surface area (Å²) in [5, 5.41) is 18.6. The summed E-state index contributed by atoms with van der Waals surface area (Å²) in [6.07, 6.45) is 0. The predicted molar refractivity (Wildman–Crippen MR) is 70.1 cm³/mol. The molecule has 0 aliphatic heterocycles. The van der Waals surface area contributed by atoms with Gasteiger partial charge >= 0.3 is 7.25 Å². The van der Waals surface area contributed by atoms with Gasteiger partial charge in [0.1, 0.15) is 0 Å². The summed E-state index contributed by atoms with van der Waals surface area (Å²) in [5.41, 5.74) is -0.145. The summed E-state index contributed by atoms with van der Waals surface area (Å²) in [5.74, 6) is 0. The van der Waals surface area contributed by atoms with Gasteiger partial charge in [0.15, 0.2) is 0 Å². The van der Waals surface area contributed by atoms with Crippen LogP contribution in [0, 0.1) is 6.92 Å². The Labute approximate surface area is 108 Å². The summed E-state index contributed by atoms with van der Waals surface area (Å²) in [6, 6.07) is 6.32. The second kappa shape index (κ2) is 5.01. The van der Waals surface area contributed by atoms with E-state index in [1.165, 1.54) is 12.1 Å². The van der Waals surface area contributed by atoms with Gasteiger partial charge in [-0.25, -0.2) is 8.42 Å². The topological polar surface area (TPSA) is 77.8 Å². The second-order valence-corrected chi connectivity index (χ2v) is 6.95. The van der Waals surface area contributed by atoms with Crippen molar-refractivity contribution in [3.05, 3.63) is 29.8 Å². The highest BCUT2D eigenvalue weighted by Gasteiger charge is 2.41. The van der Waals surface area contributed by atoms with E-state index in [-0.39, 0.29) is 4.90 Å². The highest BCUT2D eigenvalue weighted by molar-refractivity contribution is 7.90. The van der Waals surface area contributed by atoms with Gasteiger partial charge in [-0.15, -0.1) is 0 Å². The molecule has 0 saturated heterocycles. The van der Waals surface area contributed by atoms with Gasteiger partial charge in [-0.2, -0.15) is 4.22 Å². The quantitative estimate of drug-likeness (QED) is 0.795. The minimum atomic E-state index is -3.95. The highest BCUT2D eigenvalue weighted by atomic mass is 32.2. The maximum absolute atomic E-state index is 12.4. The molecule has 0 atom stereocenters. The van der Waals surface area contributed by atoms with Crippen molar-refractivity contribution >= 4 is 17.3 Å². The summed E-state index contributed by atoms with van der Waals surface area (Å²) < 4.78 is 25.4. The standard InChI is InChI=1S/C11H18BNO4S/c1-9-6-5-7-10(8-9)18(16,17)13(12(14)15)11(2,3)4/h5-8,14-15H,1-4H3. The molecule has 0 aromatic heterocycles. The first-order valence-corrected chi connectivity index (χ1v) is 6.98. The molecule has 0 aliphatic carbocycles. The number of hydrogen-bond donors (Lipinski definition) is 2. The Balaban J connectivity index is 3.36. The van der Waals surface area contributed by atoms with E-state index in [4.69, 9.17) is 0 Å². The first kappa shape index (κ1) is 15.2. The number of nitrogens with zero attached hydrogens (tertiary/aromatic N) is 1. The Morgan fingerprint density at radius 3 is 2.17 bits per heavy atom. The molecule has 0 spiro atoms. The fourth-order valence-electron chi connectivity index (χ4n) is 1.72. The van der Waals surface area contributed by atoms with Crippen LogP contribution in [0.5, 0.6) is 0 Å². The highest BCUT2D eigenvalue weighted by Crippen LogP contribution is 2.25. The van der Waals surface area contributed by atoms with Gasteiger partial charge in [-0.05, 0) is 45.4 Å². The Hall–Kier alpha value is -0.885. The lowest BCUT2D eigenvalue weighted by Gasteiger charge is -2.33. The third-order valence-corrected chi connectivity index (χ3v) is 4.52. The molecule has 0 aliphatic rings. The maximum Gasteiger partial charge on any atom is 0.567 e. The summed E-state index contributed by atoms with van der Waals surface area (Å²) >= 11 is 0. The lowest BCUT2D eigenvalue weighted by Crippen LogP contribution is -2.54. The molecule has 0 fully saturated rings. The van der Waals surface area contributed by atoms with Gasteiger partial charge in [0.05, 0.1) is 4.90 Å². The third kappa shape index (κ3) is 3.11. The summed E-state index contributed by atoms with van der Waals surface area (Å²) in [4.78, 5) is 0.0468. The molecule has 2 N–H and O–H groups in total. The van der Waals surface area contributed by atoms with Crippen molar-refractivity contribution in [1.29, 1.82) is 0 Å². The van der Waals surface area contributed by atoms with Crippen molar-refractivity contribution in [3.8, 4) is 0 Å². The van der Waals surface area contributed by atoms with E-state index in [0.717, 1.165) is 5.56 Å². The van der Waals surface area contributed by atoms with Gasteiger partial charge in [-0.3, -0.25) is 0 Å². The molecule has 7 heteroatoms. The van der Waals surface area contributed by atoms with Crippen molar-refractivity contribution in [3.63, 3.8) is 0 Å². The van der Waals surface area contributed by atoms with Crippen LogP contribution in [-0.4, -0.2) is 35.5 Å². The van der Waals surface area contributed by atoms with E-state index in [1.54, 1.807) is 39.8 Å². The van der Waals surface area contributed by atoms with E-state index >= 15 is 0 Å². The lowest BCUT2D eigenvalue weighted by molar-refractivity contribution is 0.255. The molecule has 0 unspecified atom stereocenters. The van der Waals surface area contributed by atoms with Crippen LogP contribution in [0.4, 0.5) is 0 Å². The molecule has 0 bridgehead atoms. The first-order chi connectivity index (χ1) is 8.06. The van der Waals surface area contributed by atoms with Crippen LogP contribution in [-0.2, 0) is 10.0 Å². The minimum Gasteiger partial charge on any atom is -0.412 e. The van der Waals surface area contributed by atoms with E-state index in [1.807, 2.05) is 0 Å². The smallest absolute Gasteiger partial charge is 0.412 e. The fraction of sp³-hybridized carbons (Fsp3) is 0.455. The Morgan fingerprint density at radius 1 is 1.22 bits per heavy atom. The minimum absolute atomic E-state index is 0.0468. The van der Waals surface area contributed by atoms with Crippen LogP contribution >= 0.6 is 0 Å². The molecule has 0 amide bonds. The molecule has 0 saturated carbocycles. The lowest BCUT2D eigenvalue weighted by atomic mass is 10.00. The molecule has 1 aromatic rings. The zero-order valence-corrected chi connectivity index (χ0v) is 11.8. The molecule has 1 aromatic carbocycles. The molecule has 0 heterocycles. The monoisotopic (exact) mass is 271 g/mol. The van der Waals surface area contributed by atoms with Crippen LogP contribution in [0.2, 0.25) is 0 Å². The van der Waals surface area contributed by atoms with Crippen molar-refractivity contribution in [1.82, 2.24) is 4.22 Å². The normalized spacial score (nSPS) is 12.8. The summed E-state index contributed by atoms with van der Waals surface area (Å²) in [6.45, 7) is 6.56. The third-order valence-electron chi connectivity index (χ3n) is 2.42. The van der Waals surface area contributed by atoms with Crippen molar-refractivity contribution in [2.45, 2.75) is 38.1 Å². The Bertz CT molecular complexity index is 522. The number of hydrogen-bond acceptors (Lipinski definition) is 4. The molecule has 100 valence electrons. The fourth-order valence-corrected chi connectivity index (χ4v) is 3.50. The molecular formula is C11H18BNO4S. The summed E-state index contributed by atoms with van der Waals surface area (Å²) in [7, 11) is -6.02. The Kier molecular flexibility index (Phi) is 4.22. The van der Waals surface area contributed by atoms with Gasteiger partial charge < -0.3 is 10.0 Å². The molecule has 18 heavy (non-hydrogen) atoms. The van der Waals surface area contributed by atoms with Crippen LogP contribution < -0.4 is 0 Å².